The van der Waals surface area contributed by atoms with Crippen molar-refractivity contribution in [1.82, 2.24) is 9.97 Å². The lowest BCUT2D eigenvalue weighted by atomic mass is 10.2. The number of alkyl halides is 6. The van der Waals surface area contributed by atoms with Crippen LogP contribution in [-0.4, -0.2) is 9.97 Å². The summed E-state index contributed by atoms with van der Waals surface area (Å²) in [7, 11) is 0. The van der Waals surface area contributed by atoms with E-state index in [0.717, 1.165) is 24.3 Å². The van der Waals surface area contributed by atoms with Gasteiger partial charge < -0.3 is 5.32 Å². The summed E-state index contributed by atoms with van der Waals surface area (Å²) in [5, 5.41) is 2.50. The minimum atomic E-state index is -4.50. The zero-order valence-corrected chi connectivity index (χ0v) is 10.1. The second-order valence-corrected chi connectivity index (χ2v) is 3.98. The predicted octanol–water partition coefficient (Wildman–Crippen LogP) is 4.26. The number of hydrogen-bond acceptors (Lipinski definition) is 3. The molecule has 2 aromatic rings. The molecule has 21 heavy (non-hydrogen) atoms. The predicted molar refractivity (Wildman–Crippen MR) is 61.8 cm³/mol. The molecule has 112 valence electrons. The highest BCUT2D eigenvalue weighted by atomic mass is 19.4. The first-order valence-electron chi connectivity index (χ1n) is 5.50. The molecule has 0 atom stereocenters. The molecule has 0 aromatic carbocycles. The first kappa shape index (κ1) is 15.1. The average molecular weight is 307 g/mol. The molecule has 0 radical (unpaired) electrons. The molecule has 0 saturated carbocycles. The van der Waals surface area contributed by atoms with Crippen molar-refractivity contribution in [1.29, 1.82) is 0 Å². The van der Waals surface area contributed by atoms with Crippen LogP contribution in [0.25, 0.3) is 0 Å². The van der Waals surface area contributed by atoms with Gasteiger partial charge in [-0.25, -0.2) is 9.97 Å². The van der Waals surface area contributed by atoms with Gasteiger partial charge >= 0.3 is 12.4 Å². The highest BCUT2D eigenvalue weighted by Crippen LogP contribution is 2.30. The second kappa shape index (κ2) is 5.23. The molecule has 2 rings (SSSR count). The number of anilines is 2. The molecule has 0 unspecified atom stereocenters. The summed E-state index contributed by atoms with van der Waals surface area (Å²) in [6.07, 6.45) is -7.77. The number of hydrogen-bond donors (Lipinski definition) is 1. The Balaban J connectivity index is 2.12. The van der Waals surface area contributed by atoms with Crippen molar-refractivity contribution >= 4 is 11.6 Å². The van der Waals surface area contributed by atoms with Gasteiger partial charge in [0.2, 0.25) is 0 Å². The smallest absolute Gasteiger partial charge is 0.325 e. The maximum absolute atomic E-state index is 12.3. The normalized spacial score (nSPS) is 12.3. The Morgan fingerprint density at radius 3 is 1.29 bits per heavy atom. The van der Waals surface area contributed by atoms with Crippen LogP contribution in [0.4, 0.5) is 38.0 Å². The lowest BCUT2D eigenvalue weighted by Crippen LogP contribution is -2.07. The van der Waals surface area contributed by atoms with E-state index in [1.165, 1.54) is 0 Å². The van der Waals surface area contributed by atoms with Crippen molar-refractivity contribution in [2.45, 2.75) is 12.4 Å². The minimum absolute atomic E-state index is 0.0373. The molecule has 0 aliphatic rings. The standard InChI is InChI=1S/C12H7F6N3/c13-11(14,15)7-1-3-9(19-5-7)21-10-4-2-8(6-20-10)12(16,17)18/h1-6H,(H,19,20,21). The summed E-state index contributed by atoms with van der Waals surface area (Å²) in [4.78, 5) is 7.04. The van der Waals surface area contributed by atoms with E-state index in [1.54, 1.807) is 0 Å². The van der Waals surface area contributed by atoms with E-state index in [4.69, 9.17) is 0 Å². The zero-order valence-electron chi connectivity index (χ0n) is 10.1. The van der Waals surface area contributed by atoms with E-state index in [2.05, 4.69) is 15.3 Å². The van der Waals surface area contributed by atoms with Gasteiger partial charge in [0.05, 0.1) is 11.1 Å². The van der Waals surface area contributed by atoms with E-state index < -0.39 is 23.5 Å². The summed E-state index contributed by atoms with van der Waals surface area (Å²) < 4.78 is 73.9. The van der Waals surface area contributed by atoms with Crippen molar-refractivity contribution in [3.8, 4) is 0 Å². The first-order valence-corrected chi connectivity index (χ1v) is 5.50. The third-order valence-corrected chi connectivity index (χ3v) is 2.44. The number of nitrogens with zero attached hydrogens (tertiary/aromatic N) is 2. The summed E-state index contributed by atoms with van der Waals surface area (Å²) in [6, 6.07) is 3.73. The third kappa shape index (κ3) is 3.83. The Morgan fingerprint density at radius 2 is 1.05 bits per heavy atom. The lowest BCUT2D eigenvalue weighted by molar-refractivity contribution is -0.138. The quantitative estimate of drug-likeness (QED) is 0.843. The van der Waals surface area contributed by atoms with E-state index in [0.29, 0.717) is 12.4 Å². The third-order valence-electron chi connectivity index (χ3n) is 2.44. The largest absolute Gasteiger partial charge is 0.417 e. The number of aromatic nitrogens is 2. The number of halogens is 6. The number of rotatable bonds is 2. The van der Waals surface area contributed by atoms with Crippen LogP contribution in [0.5, 0.6) is 0 Å². The highest BCUT2D eigenvalue weighted by molar-refractivity contribution is 5.51. The Hall–Kier alpha value is -2.32. The summed E-state index contributed by atoms with van der Waals surface area (Å²) in [5.74, 6) is 0.0746. The maximum Gasteiger partial charge on any atom is 0.417 e. The van der Waals surface area contributed by atoms with E-state index in [-0.39, 0.29) is 11.6 Å². The van der Waals surface area contributed by atoms with Gasteiger partial charge in [0.1, 0.15) is 11.6 Å². The van der Waals surface area contributed by atoms with Gasteiger partial charge in [-0.3, -0.25) is 0 Å². The van der Waals surface area contributed by atoms with Crippen molar-refractivity contribution < 1.29 is 26.3 Å². The lowest BCUT2D eigenvalue weighted by Gasteiger charge is -2.09. The molecule has 0 spiro atoms. The Morgan fingerprint density at radius 1 is 0.667 bits per heavy atom. The molecule has 0 amide bonds. The molecule has 0 fully saturated rings. The SMILES string of the molecule is FC(F)(F)c1ccc(Nc2ccc(C(F)(F)F)cn2)nc1. The molecular formula is C12H7F6N3. The van der Waals surface area contributed by atoms with Crippen molar-refractivity contribution in [2.75, 3.05) is 5.32 Å². The van der Waals surface area contributed by atoms with Crippen molar-refractivity contribution in [3.63, 3.8) is 0 Å². The highest BCUT2D eigenvalue weighted by Gasteiger charge is 2.31. The molecular weight excluding hydrogens is 300 g/mol. The van der Waals surface area contributed by atoms with Crippen LogP contribution in [0.1, 0.15) is 11.1 Å². The van der Waals surface area contributed by atoms with Crippen LogP contribution in [0, 0.1) is 0 Å². The van der Waals surface area contributed by atoms with Gasteiger partial charge in [-0.05, 0) is 24.3 Å². The maximum atomic E-state index is 12.3. The average Bonchev–Trinajstić information content (AvgIpc) is 2.38. The Bertz CT molecular complexity index is 545. The fourth-order valence-corrected chi connectivity index (χ4v) is 1.40. The minimum Gasteiger partial charge on any atom is -0.325 e. The van der Waals surface area contributed by atoms with Crippen LogP contribution in [0.3, 0.4) is 0 Å². The van der Waals surface area contributed by atoms with Gasteiger partial charge in [-0.2, -0.15) is 26.3 Å². The van der Waals surface area contributed by atoms with Crippen LogP contribution in [-0.2, 0) is 12.4 Å². The van der Waals surface area contributed by atoms with Gasteiger partial charge in [0.15, 0.2) is 0 Å². The monoisotopic (exact) mass is 307 g/mol. The summed E-state index contributed by atoms with van der Waals surface area (Å²) in [6.45, 7) is 0. The van der Waals surface area contributed by atoms with Crippen molar-refractivity contribution in [2.24, 2.45) is 0 Å². The van der Waals surface area contributed by atoms with Crippen LogP contribution < -0.4 is 5.32 Å². The molecule has 1 N–H and O–H groups in total. The molecule has 0 saturated heterocycles. The molecule has 0 aliphatic heterocycles. The van der Waals surface area contributed by atoms with E-state index >= 15 is 0 Å². The number of nitrogens with one attached hydrogen (secondary N) is 1. The molecule has 2 aromatic heterocycles. The molecule has 0 bridgehead atoms. The van der Waals surface area contributed by atoms with Gasteiger partial charge in [0.25, 0.3) is 0 Å². The van der Waals surface area contributed by atoms with Gasteiger partial charge in [-0.15, -0.1) is 0 Å². The van der Waals surface area contributed by atoms with Gasteiger partial charge in [-0.1, -0.05) is 0 Å². The van der Waals surface area contributed by atoms with Crippen LogP contribution in [0.2, 0.25) is 0 Å². The fourth-order valence-electron chi connectivity index (χ4n) is 1.40. The summed E-state index contributed by atoms with van der Waals surface area (Å²) in [5.41, 5.74) is -1.85. The zero-order chi connectivity index (χ0) is 15.7. The molecule has 9 heteroatoms. The topological polar surface area (TPSA) is 37.8 Å². The number of pyridine rings is 2. The molecule has 0 aliphatic carbocycles. The molecule has 2 heterocycles. The van der Waals surface area contributed by atoms with E-state index in [9.17, 15) is 26.3 Å². The van der Waals surface area contributed by atoms with Gasteiger partial charge in [0, 0.05) is 12.4 Å². The second-order valence-electron chi connectivity index (χ2n) is 3.98. The molecule has 3 nitrogen and oxygen atoms in total. The first-order chi connectivity index (χ1) is 9.66. The van der Waals surface area contributed by atoms with Crippen LogP contribution in [0.15, 0.2) is 36.7 Å². The Kier molecular flexibility index (Phi) is 3.75. The summed E-state index contributed by atoms with van der Waals surface area (Å²) >= 11 is 0. The van der Waals surface area contributed by atoms with E-state index in [1.807, 2.05) is 0 Å². The van der Waals surface area contributed by atoms with Crippen LogP contribution >= 0.6 is 0 Å². The fraction of sp³-hybridized carbons (Fsp3) is 0.167. The Labute approximate surface area is 114 Å². The van der Waals surface area contributed by atoms with Crippen molar-refractivity contribution in [3.05, 3.63) is 47.8 Å².